The van der Waals surface area contributed by atoms with Crippen molar-refractivity contribution in [2.45, 2.75) is 13.8 Å². The molecule has 0 fully saturated rings. The van der Waals surface area contributed by atoms with E-state index in [0.717, 1.165) is 28.0 Å². The summed E-state index contributed by atoms with van der Waals surface area (Å²) in [5.41, 5.74) is 4.73. The number of aromatic nitrogens is 3. The summed E-state index contributed by atoms with van der Waals surface area (Å²) in [7, 11) is 0. The molecule has 7 aromatic rings. The summed E-state index contributed by atoms with van der Waals surface area (Å²) in [5.74, 6) is 0. The van der Waals surface area contributed by atoms with Crippen molar-refractivity contribution in [2.75, 3.05) is 0 Å². The van der Waals surface area contributed by atoms with Gasteiger partial charge in [-0.1, -0.05) is 41.2 Å². The minimum absolute atomic E-state index is 0. The Morgan fingerprint density at radius 2 is 1.84 bits per heavy atom. The van der Waals surface area contributed by atoms with Crippen LogP contribution in [-0.2, 0) is 20.1 Å². The van der Waals surface area contributed by atoms with Gasteiger partial charge in [-0.2, -0.15) is 0 Å². The first-order valence-electron chi connectivity index (χ1n) is 14.5. The second-order valence-electron chi connectivity index (χ2n) is 7.95. The molecule has 1 radical (unpaired) electrons. The summed E-state index contributed by atoms with van der Waals surface area (Å²) >= 11 is 1.08. The number of thiazole rings is 1. The summed E-state index contributed by atoms with van der Waals surface area (Å²) in [4.78, 5) is 12.6. The molecule has 3 aromatic carbocycles. The molecule has 0 spiro atoms. The minimum atomic E-state index is -2.32. The zero-order valence-corrected chi connectivity index (χ0v) is 22.6. The Balaban J connectivity index is 0.000000230. The van der Waals surface area contributed by atoms with Crippen LogP contribution in [0.3, 0.4) is 0 Å². The third-order valence-electron chi connectivity index (χ3n) is 5.56. The van der Waals surface area contributed by atoms with Gasteiger partial charge in [0.25, 0.3) is 0 Å². The van der Waals surface area contributed by atoms with Gasteiger partial charge in [0.2, 0.25) is 0 Å². The van der Waals surface area contributed by atoms with E-state index < -0.39 is 25.1 Å². The second kappa shape index (κ2) is 10.7. The number of nitrogens with zero attached hydrogens (tertiary/aromatic N) is 3. The van der Waals surface area contributed by atoms with E-state index in [1.807, 2.05) is 49.5 Å². The molecule has 37 heavy (non-hydrogen) atoms. The fraction of sp³-hybridized carbons (Fsp3) is 0.0645. The number of aryl methyl sites for hydroxylation is 2. The van der Waals surface area contributed by atoms with E-state index in [0.29, 0.717) is 32.3 Å². The Morgan fingerprint density at radius 1 is 0.919 bits per heavy atom. The maximum atomic E-state index is 8.20. The Kier molecular flexibility index (Phi) is 5.13. The Bertz CT molecular complexity index is 2130. The molecule has 0 aliphatic carbocycles. The van der Waals surface area contributed by atoms with Crippen molar-refractivity contribution >= 4 is 43.5 Å². The molecule has 0 saturated carbocycles. The van der Waals surface area contributed by atoms with Gasteiger partial charge >= 0.3 is 0 Å². The number of benzene rings is 3. The van der Waals surface area contributed by atoms with Crippen LogP contribution in [0.4, 0.5) is 0 Å². The zero-order valence-electron chi connectivity index (χ0n) is 26.3. The fourth-order valence-electron chi connectivity index (χ4n) is 3.89. The van der Waals surface area contributed by atoms with E-state index in [1.165, 1.54) is 5.56 Å². The molecule has 183 valence electrons. The molecule has 0 saturated heterocycles. The van der Waals surface area contributed by atoms with Crippen molar-refractivity contribution in [3.8, 4) is 22.5 Å². The zero-order chi connectivity index (χ0) is 30.5. The van der Waals surface area contributed by atoms with E-state index in [9.17, 15) is 0 Å². The molecule has 4 aromatic heterocycles. The molecule has 0 aliphatic heterocycles. The van der Waals surface area contributed by atoms with Crippen molar-refractivity contribution in [3.63, 3.8) is 0 Å². The average Bonchev–Trinajstić information content (AvgIpc) is 3.61. The molecule has 0 aliphatic rings. The third-order valence-corrected chi connectivity index (χ3v) is 6.39. The van der Waals surface area contributed by atoms with Gasteiger partial charge in [0.05, 0.1) is 20.8 Å². The number of pyridine rings is 2. The minimum Gasteiger partial charge on any atom is -0.498 e. The topological polar surface area (TPSA) is 51.8 Å². The molecule has 0 atom stereocenters. The molecular formula is C31H21IrN3OS-2. The van der Waals surface area contributed by atoms with Gasteiger partial charge in [0.1, 0.15) is 11.1 Å². The average molecular weight is 683 g/mol. The van der Waals surface area contributed by atoms with E-state index in [1.54, 1.807) is 18.2 Å². The van der Waals surface area contributed by atoms with Gasteiger partial charge in [0.15, 0.2) is 0 Å². The molecule has 0 amide bonds. The van der Waals surface area contributed by atoms with Gasteiger partial charge in [-0.05, 0) is 42.8 Å². The van der Waals surface area contributed by atoms with Crippen LogP contribution in [0.5, 0.6) is 0 Å². The number of fused-ring (bicyclic) bond motifs is 5. The fourth-order valence-corrected chi connectivity index (χ4v) is 4.61. The van der Waals surface area contributed by atoms with Crippen LogP contribution >= 0.6 is 11.3 Å². The standard InChI is InChI=1S/C19H11N2OS.C12H10N.Ir/c1-11-21-17-16(23-11)9-8-13-12-5-4-6-14(18(12)22-19(13)17)15-7-2-3-10-20-15;1-10-7-8-12(13-9-10)11-5-3-2-4-6-11;/h2-5,7-10H,1H3;2-5,7-9H,1H3;/q2*-1;/i1D3,2D,3D,7D,10D;;. The van der Waals surface area contributed by atoms with Gasteiger partial charge in [-0.3, -0.25) is 0 Å². The van der Waals surface area contributed by atoms with E-state index in [2.05, 4.69) is 33.2 Å². The van der Waals surface area contributed by atoms with Crippen LogP contribution in [0.2, 0.25) is 0 Å². The van der Waals surface area contributed by atoms with Crippen LogP contribution in [0.15, 0.2) is 95.6 Å². The Hall–Kier alpha value is -3.70. The van der Waals surface area contributed by atoms with Crippen molar-refractivity contribution in [3.05, 3.63) is 114 Å². The van der Waals surface area contributed by atoms with Crippen LogP contribution in [-0.4, -0.2) is 15.0 Å². The summed E-state index contributed by atoms with van der Waals surface area (Å²) in [6.07, 6.45) is 1.47. The first-order valence-corrected chi connectivity index (χ1v) is 11.9. The van der Waals surface area contributed by atoms with Crippen molar-refractivity contribution < 1.29 is 34.1 Å². The van der Waals surface area contributed by atoms with Gasteiger partial charge in [0, 0.05) is 42.0 Å². The van der Waals surface area contributed by atoms with Gasteiger partial charge in [-0.15, -0.1) is 65.4 Å². The molecular weight excluding hydrogens is 655 g/mol. The second-order valence-corrected chi connectivity index (χ2v) is 8.98. The van der Waals surface area contributed by atoms with Crippen molar-refractivity contribution in [1.82, 2.24) is 15.0 Å². The molecule has 7 rings (SSSR count). The molecule has 0 N–H and O–H groups in total. The summed E-state index contributed by atoms with van der Waals surface area (Å²) < 4.78 is 61.2. The summed E-state index contributed by atoms with van der Waals surface area (Å²) in [5, 5.41) is 1.44. The van der Waals surface area contributed by atoms with Crippen LogP contribution < -0.4 is 0 Å². The van der Waals surface area contributed by atoms with Crippen molar-refractivity contribution in [2.24, 2.45) is 0 Å². The number of rotatable bonds is 2. The third kappa shape index (κ3) is 4.96. The van der Waals surface area contributed by atoms with Crippen LogP contribution in [0.1, 0.15) is 20.2 Å². The van der Waals surface area contributed by atoms with Gasteiger partial charge < -0.3 is 14.4 Å². The predicted molar refractivity (Wildman–Crippen MR) is 147 cm³/mol. The number of furan rings is 1. The van der Waals surface area contributed by atoms with Crippen LogP contribution in [0.25, 0.3) is 54.7 Å². The van der Waals surface area contributed by atoms with Crippen LogP contribution in [0, 0.1) is 25.9 Å². The van der Waals surface area contributed by atoms with E-state index in [-0.39, 0.29) is 36.8 Å². The maximum Gasteiger partial charge on any atom is 0.148 e. The Morgan fingerprint density at radius 3 is 2.65 bits per heavy atom. The molecule has 4 heterocycles. The smallest absolute Gasteiger partial charge is 0.148 e. The normalized spacial score (nSPS) is 13.8. The number of hydrogen-bond acceptors (Lipinski definition) is 5. The first kappa shape index (κ1) is 17.7. The summed E-state index contributed by atoms with van der Waals surface area (Å²) in [6.45, 7) is -0.288. The van der Waals surface area contributed by atoms with E-state index in [4.69, 9.17) is 14.0 Å². The molecule has 4 nitrogen and oxygen atoms in total. The van der Waals surface area contributed by atoms with Gasteiger partial charge in [-0.25, -0.2) is 4.98 Å². The predicted octanol–water partition coefficient (Wildman–Crippen LogP) is 8.22. The molecule has 0 unspecified atom stereocenters. The SMILES string of the molecule is Cc1ccc(-c2[c-]cccc2)nc1.[2H]c1nc(-c2[c-]ccc3c2oc2c3ccc3sc(C([2H])([2H])[2H])nc32)c([2H])c([2H])c1[2H].[Ir]. The monoisotopic (exact) mass is 683 g/mol. The largest absolute Gasteiger partial charge is 0.498 e. The molecule has 6 heteroatoms. The quantitative estimate of drug-likeness (QED) is 0.173. The van der Waals surface area contributed by atoms with E-state index >= 15 is 0 Å². The molecule has 0 bridgehead atoms. The maximum absolute atomic E-state index is 8.20. The first-order chi connectivity index (χ1) is 20.5. The summed E-state index contributed by atoms with van der Waals surface area (Å²) in [6, 6.07) is 24.0. The Labute approximate surface area is 242 Å². The van der Waals surface area contributed by atoms with Crippen molar-refractivity contribution in [1.29, 1.82) is 0 Å². The number of hydrogen-bond donors (Lipinski definition) is 0.